The third-order valence-electron chi connectivity index (χ3n) is 4.69. The standard InChI is InChI=1S/C20H19N5O3S/c1-11-19(27)22-14-9-12(7-8-16(14)29-11)20(28)24-23-18(26)10-17-21-13-5-3-4-6-15(13)25(17)2/h3-9,11H,10H2,1-2H3,(H,22,27)(H,23,26)(H,24,28)/t11-/m1/s1. The molecule has 0 saturated heterocycles. The number of nitrogens with one attached hydrogen (secondary N) is 3. The van der Waals surface area contributed by atoms with E-state index in [1.54, 1.807) is 18.2 Å². The molecular weight excluding hydrogens is 390 g/mol. The first kappa shape index (κ1) is 19.0. The Morgan fingerprint density at radius 2 is 2.00 bits per heavy atom. The Balaban J connectivity index is 1.39. The van der Waals surface area contributed by atoms with Crippen LogP contribution >= 0.6 is 11.8 Å². The first-order valence-corrected chi connectivity index (χ1v) is 9.91. The molecule has 0 radical (unpaired) electrons. The van der Waals surface area contributed by atoms with Crippen LogP contribution in [0.2, 0.25) is 0 Å². The largest absolute Gasteiger partial charge is 0.331 e. The Hall–Kier alpha value is -3.33. The second-order valence-corrected chi connectivity index (χ2v) is 8.10. The van der Waals surface area contributed by atoms with E-state index in [0.717, 1.165) is 15.9 Å². The molecule has 3 N–H and O–H groups in total. The third-order valence-corrected chi connectivity index (χ3v) is 5.86. The number of hydrogen-bond donors (Lipinski definition) is 3. The van der Waals surface area contributed by atoms with Crippen LogP contribution in [0.1, 0.15) is 23.1 Å². The maximum atomic E-state index is 12.4. The molecule has 3 aromatic rings. The molecule has 1 aliphatic heterocycles. The molecule has 0 fully saturated rings. The lowest BCUT2D eigenvalue weighted by atomic mass is 10.2. The number of carbonyl (C=O) groups excluding carboxylic acids is 3. The van der Waals surface area contributed by atoms with Crippen LogP contribution in [0.5, 0.6) is 0 Å². The highest BCUT2D eigenvalue weighted by Gasteiger charge is 2.24. The lowest BCUT2D eigenvalue weighted by molar-refractivity contribution is -0.121. The molecule has 1 aromatic heterocycles. The average Bonchev–Trinajstić information content (AvgIpc) is 3.02. The Labute approximate surface area is 171 Å². The van der Waals surface area contributed by atoms with Gasteiger partial charge in [0.05, 0.1) is 28.4 Å². The molecule has 2 aromatic carbocycles. The number of anilines is 1. The predicted octanol–water partition coefficient (Wildman–Crippen LogP) is 2.01. The highest BCUT2D eigenvalue weighted by atomic mass is 32.2. The van der Waals surface area contributed by atoms with E-state index >= 15 is 0 Å². The smallest absolute Gasteiger partial charge is 0.269 e. The van der Waals surface area contributed by atoms with Crippen LogP contribution in [-0.2, 0) is 23.1 Å². The van der Waals surface area contributed by atoms with Crippen molar-refractivity contribution in [1.82, 2.24) is 20.4 Å². The second kappa shape index (κ2) is 7.59. The molecule has 0 bridgehead atoms. The van der Waals surface area contributed by atoms with Gasteiger partial charge in [0.2, 0.25) is 11.8 Å². The zero-order chi connectivity index (χ0) is 20.5. The van der Waals surface area contributed by atoms with Gasteiger partial charge >= 0.3 is 0 Å². The molecule has 0 saturated carbocycles. The molecule has 148 valence electrons. The van der Waals surface area contributed by atoms with Crippen LogP contribution < -0.4 is 16.2 Å². The van der Waals surface area contributed by atoms with E-state index in [9.17, 15) is 14.4 Å². The predicted molar refractivity (Wildman–Crippen MR) is 110 cm³/mol. The number of hydrazine groups is 1. The normalized spacial score (nSPS) is 15.5. The number of imidazole rings is 1. The monoisotopic (exact) mass is 409 g/mol. The van der Waals surface area contributed by atoms with Gasteiger partial charge in [-0.2, -0.15) is 0 Å². The van der Waals surface area contributed by atoms with Crippen molar-refractivity contribution in [2.45, 2.75) is 23.5 Å². The van der Waals surface area contributed by atoms with Crippen molar-refractivity contribution < 1.29 is 14.4 Å². The molecular formula is C20H19N5O3S. The van der Waals surface area contributed by atoms with E-state index in [0.29, 0.717) is 17.1 Å². The summed E-state index contributed by atoms with van der Waals surface area (Å²) >= 11 is 1.44. The van der Waals surface area contributed by atoms with Crippen LogP contribution in [0, 0.1) is 0 Å². The summed E-state index contributed by atoms with van der Waals surface area (Å²) in [5.74, 6) is -0.354. The second-order valence-electron chi connectivity index (χ2n) is 6.72. The molecule has 9 heteroatoms. The summed E-state index contributed by atoms with van der Waals surface area (Å²) in [6.45, 7) is 1.82. The van der Waals surface area contributed by atoms with Gasteiger partial charge in [-0.1, -0.05) is 12.1 Å². The quantitative estimate of drug-likeness (QED) is 0.574. The molecule has 0 unspecified atom stereocenters. The minimum Gasteiger partial charge on any atom is -0.331 e. The van der Waals surface area contributed by atoms with Gasteiger partial charge < -0.3 is 9.88 Å². The van der Waals surface area contributed by atoms with Crippen molar-refractivity contribution in [3.63, 3.8) is 0 Å². The average molecular weight is 409 g/mol. The van der Waals surface area contributed by atoms with Gasteiger partial charge in [0.15, 0.2) is 0 Å². The minimum absolute atomic E-state index is 0.0280. The number of benzene rings is 2. The number of hydrogen-bond acceptors (Lipinski definition) is 5. The Kier molecular flexibility index (Phi) is 4.98. The number of aryl methyl sites for hydroxylation is 1. The van der Waals surface area contributed by atoms with Crippen LogP contribution in [0.3, 0.4) is 0 Å². The maximum Gasteiger partial charge on any atom is 0.269 e. The first-order valence-electron chi connectivity index (χ1n) is 9.03. The van der Waals surface area contributed by atoms with E-state index in [4.69, 9.17) is 0 Å². The highest BCUT2D eigenvalue weighted by Crippen LogP contribution is 2.35. The molecule has 29 heavy (non-hydrogen) atoms. The number of rotatable bonds is 3. The Bertz CT molecular complexity index is 1140. The molecule has 1 aliphatic rings. The summed E-state index contributed by atoms with van der Waals surface area (Å²) in [5.41, 5.74) is 7.49. The van der Waals surface area contributed by atoms with Crippen molar-refractivity contribution >= 4 is 46.2 Å². The van der Waals surface area contributed by atoms with E-state index in [1.807, 2.05) is 42.8 Å². The first-order chi connectivity index (χ1) is 13.9. The summed E-state index contributed by atoms with van der Waals surface area (Å²) in [4.78, 5) is 41.8. The van der Waals surface area contributed by atoms with E-state index < -0.39 is 5.91 Å². The number of carbonyl (C=O) groups is 3. The highest BCUT2D eigenvalue weighted by molar-refractivity contribution is 8.00. The fraction of sp³-hybridized carbons (Fsp3) is 0.200. The van der Waals surface area contributed by atoms with Crippen molar-refractivity contribution in [3.05, 3.63) is 53.9 Å². The van der Waals surface area contributed by atoms with Gasteiger partial charge in [-0.15, -0.1) is 11.8 Å². The van der Waals surface area contributed by atoms with Gasteiger partial charge in [-0.25, -0.2) is 4.98 Å². The van der Waals surface area contributed by atoms with Crippen LogP contribution in [0.25, 0.3) is 11.0 Å². The summed E-state index contributed by atoms with van der Waals surface area (Å²) in [6, 6.07) is 12.6. The number of aromatic nitrogens is 2. The molecule has 4 rings (SSSR count). The van der Waals surface area contributed by atoms with E-state index in [2.05, 4.69) is 21.2 Å². The Morgan fingerprint density at radius 3 is 2.79 bits per heavy atom. The number of amides is 3. The number of nitrogens with zero attached hydrogens (tertiary/aromatic N) is 2. The molecule has 0 spiro atoms. The molecule has 1 atom stereocenters. The van der Waals surface area contributed by atoms with Crippen LogP contribution in [0.4, 0.5) is 5.69 Å². The van der Waals surface area contributed by atoms with Gasteiger partial charge in [-0.05, 0) is 37.3 Å². The number of thioether (sulfide) groups is 1. The molecule has 8 nitrogen and oxygen atoms in total. The lowest BCUT2D eigenvalue weighted by Gasteiger charge is -2.21. The van der Waals surface area contributed by atoms with Gasteiger partial charge in [0.25, 0.3) is 5.91 Å². The van der Waals surface area contributed by atoms with E-state index in [-0.39, 0.29) is 23.5 Å². The SMILES string of the molecule is C[C@H]1Sc2ccc(C(=O)NNC(=O)Cc3nc4ccccc4n3C)cc2NC1=O. The van der Waals surface area contributed by atoms with Crippen LogP contribution in [0.15, 0.2) is 47.4 Å². The van der Waals surface area contributed by atoms with Crippen molar-refractivity contribution in [2.75, 3.05) is 5.32 Å². The zero-order valence-electron chi connectivity index (χ0n) is 15.9. The van der Waals surface area contributed by atoms with Crippen molar-refractivity contribution in [1.29, 1.82) is 0 Å². The Morgan fingerprint density at radius 1 is 1.21 bits per heavy atom. The summed E-state index contributed by atoms with van der Waals surface area (Å²) in [5, 5.41) is 2.61. The minimum atomic E-state index is -0.468. The maximum absolute atomic E-state index is 12.4. The van der Waals surface area contributed by atoms with E-state index in [1.165, 1.54) is 11.8 Å². The summed E-state index contributed by atoms with van der Waals surface area (Å²) in [7, 11) is 1.84. The fourth-order valence-electron chi connectivity index (χ4n) is 3.09. The fourth-order valence-corrected chi connectivity index (χ4v) is 4.02. The topological polar surface area (TPSA) is 105 Å². The third kappa shape index (κ3) is 3.81. The van der Waals surface area contributed by atoms with Gasteiger partial charge in [0, 0.05) is 17.5 Å². The molecule has 0 aliphatic carbocycles. The summed E-state index contributed by atoms with van der Waals surface area (Å²) in [6.07, 6.45) is 0.0280. The van der Waals surface area contributed by atoms with Gasteiger partial charge in [-0.3, -0.25) is 25.2 Å². The lowest BCUT2D eigenvalue weighted by Crippen LogP contribution is -2.42. The molecule has 3 amide bonds. The van der Waals surface area contributed by atoms with Crippen molar-refractivity contribution in [2.24, 2.45) is 7.05 Å². The van der Waals surface area contributed by atoms with Crippen molar-refractivity contribution in [3.8, 4) is 0 Å². The van der Waals surface area contributed by atoms with Crippen LogP contribution in [-0.4, -0.2) is 32.5 Å². The molecule has 2 heterocycles. The number of para-hydroxylation sites is 2. The van der Waals surface area contributed by atoms with Gasteiger partial charge in [0.1, 0.15) is 5.82 Å². The number of fused-ring (bicyclic) bond motifs is 2. The zero-order valence-corrected chi connectivity index (χ0v) is 16.7. The summed E-state index contributed by atoms with van der Waals surface area (Å²) < 4.78 is 1.85.